The Morgan fingerprint density at radius 3 is 1.10 bits per heavy atom. The predicted octanol–water partition coefficient (Wildman–Crippen LogP) is 14.7. The number of aryl methyl sites for hydroxylation is 5. The molecule has 0 amide bonds. The van der Waals surface area contributed by atoms with E-state index in [0.717, 1.165) is 22.7 Å². The lowest BCUT2D eigenvalue weighted by atomic mass is 9.90. The zero-order valence-corrected chi connectivity index (χ0v) is 31.7. The van der Waals surface area contributed by atoms with Crippen LogP contribution in [0.2, 0.25) is 0 Å². The Morgan fingerprint density at radius 2 is 0.745 bits per heavy atom. The van der Waals surface area contributed by atoms with Crippen LogP contribution in [-0.2, 0) is 0 Å². The lowest BCUT2D eigenvalue weighted by Crippen LogP contribution is -2.15. The minimum atomic E-state index is 0.378. The molecule has 0 atom stereocenters. The van der Waals surface area contributed by atoms with E-state index in [2.05, 4.69) is 200 Å². The van der Waals surface area contributed by atoms with E-state index < -0.39 is 0 Å². The van der Waals surface area contributed by atoms with Gasteiger partial charge in [0.25, 0.3) is 0 Å². The zero-order valence-electron chi connectivity index (χ0n) is 31.7. The standard InChI is InChI=1S/C49H50N2/c1-31(2)38-21-24-45-46(29-38)48(50(40-16-10-13-33(5)25-40)41-17-11-14-34(6)26-41)44-23-20-39(32(3)4)30-47(44)49(45)51(42-18-12-15-35(7)27-42)43-22-19-36(8)37(9)28-43/h10-32H,1-9H3. The Labute approximate surface area is 305 Å². The number of rotatable bonds is 8. The van der Waals surface area contributed by atoms with Gasteiger partial charge in [-0.25, -0.2) is 0 Å². The Morgan fingerprint density at radius 1 is 0.353 bits per heavy atom. The summed E-state index contributed by atoms with van der Waals surface area (Å²) in [7, 11) is 0. The first-order valence-electron chi connectivity index (χ1n) is 18.4. The minimum absolute atomic E-state index is 0.378. The second-order valence-corrected chi connectivity index (χ2v) is 15.1. The molecule has 0 aliphatic rings. The predicted molar refractivity (Wildman–Crippen MR) is 223 cm³/mol. The molecule has 0 heterocycles. The largest absolute Gasteiger partial charge is 0.309 e. The molecule has 0 aliphatic heterocycles. The SMILES string of the molecule is Cc1cccc(N(c2cccc(C)c2)c2c3ccc(C(C)C)cc3c(N(c3cccc(C)c3)c3ccc(C)c(C)c3)c3ccc(C(C)C)cc23)c1. The van der Waals surface area contributed by atoms with Crippen molar-refractivity contribution in [3.8, 4) is 0 Å². The molecule has 0 spiro atoms. The second-order valence-electron chi connectivity index (χ2n) is 15.1. The van der Waals surface area contributed by atoms with Gasteiger partial charge in [-0.2, -0.15) is 0 Å². The van der Waals surface area contributed by atoms with Crippen molar-refractivity contribution < 1.29 is 0 Å². The Bertz CT molecular complexity index is 2350. The molecule has 0 unspecified atom stereocenters. The van der Waals surface area contributed by atoms with Crippen molar-refractivity contribution in [3.05, 3.63) is 166 Å². The molecule has 0 aromatic heterocycles. The quantitative estimate of drug-likeness (QED) is 0.118. The van der Waals surface area contributed by atoms with Crippen LogP contribution in [-0.4, -0.2) is 0 Å². The second kappa shape index (κ2) is 13.8. The number of anilines is 6. The molecule has 0 saturated heterocycles. The van der Waals surface area contributed by atoms with Gasteiger partial charge in [-0.15, -0.1) is 0 Å². The minimum Gasteiger partial charge on any atom is -0.309 e. The molecule has 0 aliphatic carbocycles. The van der Waals surface area contributed by atoms with Crippen molar-refractivity contribution in [1.29, 1.82) is 0 Å². The molecular weight excluding hydrogens is 617 g/mol. The topological polar surface area (TPSA) is 6.48 Å². The van der Waals surface area contributed by atoms with E-state index in [9.17, 15) is 0 Å². The highest BCUT2D eigenvalue weighted by Gasteiger charge is 2.27. The Balaban J connectivity index is 1.71. The average Bonchev–Trinajstić information content (AvgIpc) is 3.10. The molecule has 0 bridgehead atoms. The summed E-state index contributed by atoms with van der Waals surface area (Å²) in [5.74, 6) is 0.757. The molecule has 0 fully saturated rings. The fourth-order valence-corrected chi connectivity index (χ4v) is 7.40. The van der Waals surface area contributed by atoms with Crippen LogP contribution in [0.3, 0.4) is 0 Å². The third kappa shape index (κ3) is 6.52. The van der Waals surface area contributed by atoms with Crippen molar-refractivity contribution in [3.63, 3.8) is 0 Å². The summed E-state index contributed by atoms with van der Waals surface area (Å²) in [6.45, 7) is 20.2. The van der Waals surface area contributed by atoms with Gasteiger partial charge in [0.2, 0.25) is 0 Å². The third-order valence-electron chi connectivity index (χ3n) is 10.4. The summed E-state index contributed by atoms with van der Waals surface area (Å²) >= 11 is 0. The van der Waals surface area contributed by atoms with Gasteiger partial charge < -0.3 is 9.80 Å². The van der Waals surface area contributed by atoms with Crippen LogP contribution in [0.15, 0.2) is 127 Å². The monoisotopic (exact) mass is 666 g/mol. The summed E-state index contributed by atoms with van der Waals surface area (Å²) in [6, 6.07) is 48.1. The highest BCUT2D eigenvalue weighted by atomic mass is 15.2. The van der Waals surface area contributed by atoms with E-state index in [4.69, 9.17) is 0 Å². The normalized spacial score (nSPS) is 11.6. The van der Waals surface area contributed by atoms with Crippen LogP contribution in [0.1, 0.15) is 78.5 Å². The summed E-state index contributed by atoms with van der Waals surface area (Å²) in [6.07, 6.45) is 0. The molecule has 51 heavy (non-hydrogen) atoms. The van der Waals surface area contributed by atoms with Crippen LogP contribution >= 0.6 is 0 Å². The van der Waals surface area contributed by atoms with Gasteiger partial charge in [0.05, 0.1) is 11.4 Å². The van der Waals surface area contributed by atoms with Gasteiger partial charge in [-0.3, -0.25) is 0 Å². The summed E-state index contributed by atoms with van der Waals surface area (Å²) < 4.78 is 0. The fraction of sp³-hybridized carbons (Fsp3) is 0.224. The van der Waals surface area contributed by atoms with Gasteiger partial charge >= 0.3 is 0 Å². The Hall–Kier alpha value is -5.34. The molecule has 0 saturated carbocycles. The number of nitrogens with zero attached hydrogens (tertiary/aromatic N) is 2. The van der Waals surface area contributed by atoms with Gasteiger partial charge in [-0.1, -0.05) is 94.4 Å². The highest BCUT2D eigenvalue weighted by molar-refractivity contribution is 6.23. The van der Waals surface area contributed by atoms with Crippen molar-refractivity contribution in [2.75, 3.05) is 9.80 Å². The van der Waals surface area contributed by atoms with Crippen LogP contribution < -0.4 is 9.80 Å². The van der Waals surface area contributed by atoms with Gasteiger partial charge in [0.15, 0.2) is 0 Å². The first kappa shape index (κ1) is 34.1. The number of benzene rings is 7. The molecule has 0 N–H and O–H groups in total. The number of hydrogen-bond donors (Lipinski definition) is 0. The third-order valence-corrected chi connectivity index (χ3v) is 10.4. The molecule has 0 radical (unpaired) electrons. The highest BCUT2D eigenvalue weighted by Crippen LogP contribution is 2.52. The molecule has 7 aromatic carbocycles. The molecular formula is C49H50N2. The van der Waals surface area contributed by atoms with Gasteiger partial charge in [0, 0.05) is 44.3 Å². The lowest BCUT2D eigenvalue weighted by Gasteiger charge is -2.34. The number of fused-ring (bicyclic) bond motifs is 2. The van der Waals surface area contributed by atoms with Crippen LogP contribution in [0.25, 0.3) is 21.5 Å². The molecule has 2 heteroatoms. The maximum atomic E-state index is 2.51. The van der Waals surface area contributed by atoms with E-state index in [1.54, 1.807) is 0 Å². The van der Waals surface area contributed by atoms with Gasteiger partial charge in [-0.05, 0) is 146 Å². The first-order valence-corrected chi connectivity index (χ1v) is 18.4. The van der Waals surface area contributed by atoms with E-state index in [1.165, 1.54) is 71.9 Å². The average molecular weight is 667 g/mol. The van der Waals surface area contributed by atoms with Gasteiger partial charge in [0.1, 0.15) is 0 Å². The van der Waals surface area contributed by atoms with E-state index in [-0.39, 0.29) is 0 Å². The Kier molecular flexibility index (Phi) is 9.21. The van der Waals surface area contributed by atoms with Crippen molar-refractivity contribution in [2.45, 2.75) is 74.1 Å². The van der Waals surface area contributed by atoms with Crippen molar-refractivity contribution >= 4 is 55.7 Å². The first-order chi connectivity index (χ1) is 24.5. The molecule has 256 valence electrons. The maximum Gasteiger partial charge on any atom is 0.0620 e. The zero-order chi connectivity index (χ0) is 36.0. The number of hydrogen-bond acceptors (Lipinski definition) is 2. The fourth-order valence-electron chi connectivity index (χ4n) is 7.40. The molecule has 7 rings (SSSR count). The van der Waals surface area contributed by atoms with Crippen LogP contribution in [0, 0.1) is 34.6 Å². The van der Waals surface area contributed by atoms with E-state index in [1.807, 2.05) is 0 Å². The summed E-state index contributed by atoms with van der Waals surface area (Å²) in [5.41, 5.74) is 16.0. The molecule has 7 aromatic rings. The molecule has 2 nitrogen and oxygen atoms in total. The van der Waals surface area contributed by atoms with Crippen molar-refractivity contribution in [1.82, 2.24) is 0 Å². The smallest absolute Gasteiger partial charge is 0.0620 e. The van der Waals surface area contributed by atoms with Crippen LogP contribution in [0.5, 0.6) is 0 Å². The van der Waals surface area contributed by atoms with Crippen LogP contribution in [0.4, 0.5) is 34.1 Å². The summed E-state index contributed by atoms with van der Waals surface area (Å²) in [4.78, 5) is 5.01. The van der Waals surface area contributed by atoms with E-state index in [0.29, 0.717) is 11.8 Å². The summed E-state index contributed by atoms with van der Waals surface area (Å²) in [5, 5.41) is 4.94. The maximum absolute atomic E-state index is 2.51. The lowest BCUT2D eigenvalue weighted by molar-refractivity contribution is 0.868. The van der Waals surface area contributed by atoms with Crippen molar-refractivity contribution in [2.24, 2.45) is 0 Å². The van der Waals surface area contributed by atoms with E-state index >= 15 is 0 Å².